The number of halogens is 2. The van der Waals surface area contributed by atoms with E-state index in [1.165, 1.54) is 26.6 Å². The standard InChI is InChI=1S/C22H23F2N5O4/c1-31-18-8-19(32-2)21(24)16(20(18)23)12-33-15-10-27-22(28-11-15)29-14-3-4-17(25)13(7-14)9-26-5-6-30/h3-4,7-11,25-26,30H,5-6,12H2,1-2H3,(H,27,28,29)/b13-9-,25-17?. The van der Waals surface area contributed by atoms with Crippen molar-refractivity contribution in [2.24, 2.45) is 0 Å². The Morgan fingerprint density at radius 3 is 2.36 bits per heavy atom. The van der Waals surface area contributed by atoms with Gasteiger partial charge in [0, 0.05) is 30.1 Å². The zero-order valence-corrected chi connectivity index (χ0v) is 18.0. The average molecular weight is 459 g/mol. The topological polar surface area (TPSA) is 122 Å². The molecule has 0 saturated heterocycles. The van der Waals surface area contributed by atoms with Gasteiger partial charge in [-0.15, -0.1) is 0 Å². The Labute approximate surface area is 188 Å². The number of ether oxygens (including phenoxy) is 3. The smallest absolute Gasteiger partial charge is 0.227 e. The van der Waals surface area contributed by atoms with Gasteiger partial charge in [0.2, 0.25) is 5.95 Å². The first-order valence-corrected chi connectivity index (χ1v) is 9.80. The molecule has 1 aliphatic rings. The molecule has 0 bridgehead atoms. The molecule has 1 aromatic carbocycles. The van der Waals surface area contributed by atoms with Crippen LogP contribution in [0.25, 0.3) is 0 Å². The zero-order chi connectivity index (χ0) is 23.8. The van der Waals surface area contributed by atoms with Gasteiger partial charge in [0.1, 0.15) is 6.61 Å². The molecule has 0 amide bonds. The van der Waals surface area contributed by atoms with E-state index in [1.54, 1.807) is 24.4 Å². The molecular formula is C22H23F2N5O4. The third-order valence-corrected chi connectivity index (χ3v) is 4.50. The third-order valence-electron chi connectivity index (χ3n) is 4.50. The predicted octanol–water partition coefficient (Wildman–Crippen LogP) is 2.70. The van der Waals surface area contributed by atoms with E-state index in [4.69, 9.17) is 24.7 Å². The van der Waals surface area contributed by atoms with Gasteiger partial charge in [-0.25, -0.2) is 18.7 Å². The molecule has 0 atom stereocenters. The molecule has 0 fully saturated rings. The summed E-state index contributed by atoms with van der Waals surface area (Å²) >= 11 is 0. The highest BCUT2D eigenvalue weighted by Gasteiger charge is 2.20. The van der Waals surface area contributed by atoms with Gasteiger partial charge in [0.15, 0.2) is 28.9 Å². The van der Waals surface area contributed by atoms with Crippen molar-refractivity contribution in [2.75, 3.05) is 32.7 Å². The number of rotatable bonds is 10. The van der Waals surface area contributed by atoms with E-state index in [-0.39, 0.29) is 35.4 Å². The molecule has 4 N–H and O–H groups in total. The monoisotopic (exact) mass is 459 g/mol. The first-order valence-electron chi connectivity index (χ1n) is 9.80. The normalized spacial score (nSPS) is 14.2. The van der Waals surface area contributed by atoms with Gasteiger partial charge in [-0.05, 0) is 18.2 Å². The fourth-order valence-corrected chi connectivity index (χ4v) is 2.81. The van der Waals surface area contributed by atoms with Crippen LogP contribution in [-0.2, 0) is 6.61 Å². The lowest BCUT2D eigenvalue weighted by Crippen LogP contribution is -2.15. The number of anilines is 1. The van der Waals surface area contributed by atoms with Crippen LogP contribution < -0.4 is 24.8 Å². The minimum absolute atomic E-state index is 0.0192. The van der Waals surface area contributed by atoms with E-state index >= 15 is 0 Å². The second kappa shape index (κ2) is 11.0. The number of aliphatic hydroxyl groups is 1. The number of aliphatic hydroxyl groups excluding tert-OH is 1. The van der Waals surface area contributed by atoms with Gasteiger partial charge in [-0.2, -0.15) is 0 Å². The fourth-order valence-electron chi connectivity index (χ4n) is 2.81. The lowest BCUT2D eigenvalue weighted by Gasteiger charge is -2.14. The van der Waals surface area contributed by atoms with E-state index in [0.29, 0.717) is 23.5 Å². The summed E-state index contributed by atoms with van der Waals surface area (Å²) in [4.78, 5) is 8.27. The Hall–Kier alpha value is -3.99. The highest BCUT2D eigenvalue weighted by atomic mass is 19.1. The number of nitrogens with zero attached hydrogens (tertiary/aromatic N) is 2. The average Bonchev–Trinajstić information content (AvgIpc) is 2.82. The van der Waals surface area contributed by atoms with E-state index in [9.17, 15) is 8.78 Å². The van der Waals surface area contributed by atoms with E-state index in [2.05, 4.69) is 20.6 Å². The lowest BCUT2D eigenvalue weighted by atomic mass is 10.0. The minimum atomic E-state index is -0.881. The van der Waals surface area contributed by atoms with Crippen LogP contribution in [0, 0.1) is 17.0 Å². The van der Waals surface area contributed by atoms with Crippen molar-refractivity contribution in [3.05, 3.63) is 71.4 Å². The van der Waals surface area contributed by atoms with Crippen LogP contribution in [0.1, 0.15) is 5.56 Å². The molecule has 3 rings (SSSR count). The van der Waals surface area contributed by atoms with Crippen LogP contribution >= 0.6 is 0 Å². The van der Waals surface area contributed by atoms with Crippen molar-refractivity contribution < 1.29 is 28.1 Å². The third kappa shape index (κ3) is 5.83. The number of hydrogen-bond acceptors (Lipinski definition) is 9. The highest BCUT2D eigenvalue weighted by molar-refractivity contribution is 6.09. The summed E-state index contributed by atoms with van der Waals surface area (Å²) in [7, 11) is 2.54. The second-order valence-electron chi connectivity index (χ2n) is 6.67. The Balaban J connectivity index is 1.67. The number of benzene rings is 1. The first kappa shape index (κ1) is 23.7. The number of hydrogen-bond donors (Lipinski definition) is 4. The Bertz CT molecular complexity index is 1070. The van der Waals surface area contributed by atoms with Gasteiger partial charge in [-0.1, -0.05) is 0 Å². The van der Waals surface area contributed by atoms with Crippen molar-refractivity contribution in [3.63, 3.8) is 0 Å². The van der Waals surface area contributed by atoms with Crippen molar-refractivity contribution in [1.82, 2.24) is 15.3 Å². The summed E-state index contributed by atoms with van der Waals surface area (Å²) in [5, 5.41) is 22.7. The maximum Gasteiger partial charge on any atom is 0.227 e. The van der Waals surface area contributed by atoms with E-state index in [1.807, 2.05) is 0 Å². The van der Waals surface area contributed by atoms with Crippen LogP contribution in [0.4, 0.5) is 14.7 Å². The first-order chi connectivity index (χ1) is 16.0. The fraction of sp³-hybridized carbons (Fsp3) is 0.227. The van der Waals surface area contributed by atoms with Crippen LogP contribution in [0.15, 0.2) is 54.2 Å². The van der Waals surface area contributed by atoms with Crippen molar-refractivity contribution in [1.29, 1.82) is 5.41 Å². The molecule has 0 aliphatic heterocycles. The van der Waals surface area contributed by atoms with Gasteiger partial charge in [0.05, 0.1) is 44.5 Å². The van der Waals surface area contributed by atoms with Crippen LogP contribution in [-0.4, -0.2) is 48.2 Å². The Morgan fingerprint density at radius 1 is 1.09 bits per heavy atom. The van der Waals surface area contributed by atoms with Crippen molar-refractivity contribution >= 4 is 11.7 Å². The summed E-state index contributed by atoms with van der Waals surface area (Å²) in [6.07, 6.45) is 9.38. The number of nitrogens with one attached hydrogen (secondary N) is 3. The minimum Gasteiger partial charge on any atom is -0.494 e. The Morgan fingerprint density at radius 2 is 1.76 bits per heavy atom. The lowest BCUT2D eigenvalue weighted by molar-refractivity contribution is 0.280. The molecule has 1 aliphatic carbocycles. The SMILES string of the molecule is COc1cc(OC)c(F)c(COc2cnc(NC3=C/C(=C/NCCO)C(=N)C=C3)nc2)c1F. The summed E-state index contributed by atoms with van der Waals surface area (Å²) in [5.74, 6) is -1.63. The highest BCUT2D eigenvalue weighted by Crippen LogP contribution is 2.32. The maximum atomic E-state index is 14.4. The summed E-state index contributed by atoms with van der Waals surface area (Å²) in [6, 6.07) is 1.12. The second-order valence-corrected chi connectivity index (χ2v) is 6.67. The van der Waals surface area contributed by atoms with Gasteiger partial charge in [-0.3, -0.25) is 0 Å². The molecule has 174 valence electrons. The summed E-state index contributed by atoms with van der Waals surface area (Å²) in [5.41, 5.74) is 1.22. The van der Waals surface area contributed by atoms with Gasteiger partial charge < -0.3 is 35.4 Å². The number of aromatic nitrogens is 2. The largest absolute Gasteiger partial charge is 0.494 e. The van der Waals surface area contributed by atoms with Crippen LogP contribution in [0.3, 0.4) is 0 Å². The van der Waals surface area contributed by atoms with Crippen LogP contribution in [0.2, 0.25) is 0 Å². The Kier molecular flexibility index (Phi) is 7.92. The molecule has 1 aromatic heterocycles. The molecule has 1 heterocycles. The molecule has 0 spiro atoms. The van der Waals surface area contributed by atoms with Crippen LogP contribution in [0.5, 0.6) is 17.2 Å². The zero-order valence-electron chi connectivity index (χ0n) is 18.0. The quantitative estimate of drug-likeness (QED) is 0.400. The van der Waals surface area contributed by atoms with E-state index in [0.717, 1.165) is 6.07 Å². The van der Waals surface area contributed by atoms with Gasteiger partial charge >= 0.3 is 0 Å². The molecule has 0 radical (unpaired) electrons. The molecule has 11 heteroatoms. The molecular weight excluding hydrogens is 436 g/mol. The van der Waals surface area contributed by atoms with Gasteiger partial charge in [0.25, 0.3) is 0 Å². The molecule has 33 heavy (non-hydrogen) atoms. The number of allylic oxidation sites excluding steroid dienone is 4. The molecule has 0 saturated carbocycles. The van der Waals surface area contributed by atoms with Crippen molar-refractivity contribution in [2.45, 2.75) is 6.61 Å². The summed E-state index contributed by atoms with van der Waals surface area (Å²) in [6.45, 7) is -0.0704. The van der Waals surface area contributed by atoms with Crippen molar-refractivity contribution in [3.8, 4) is 17.2 Å². The van der Waals surface area contributed by atoms with E-state index < -0.39 is 18.2 Å². The molecule has 0 unspecified atom stereocenters. The molecule has 2 aromatic rings. The summed E-state index contributed by atoms with van der Waals surface area (Å²) < 4.78 is 44.2. The maximum absolute atomic E-state index is 14.4. The number of methoxy groups -OCH3 is 2. The molecule has 9 nitrogen and oxygen atoms in total. The predicted molar refractivity (Wildman–Crippen MR) is 118 cm³/mol.